The quantitative estimate of drug-likeness (QED) is 0.359. The number of ketones is 2. The molecular weight excluding hydrogens is 286 g/mol. The van der Waals surface area contributed by atoms with Crippen LogP contribution in [0.5, 0.6) is 5.75 Å². The van der Waals surface area contributed by atoms with Crippen LogP contribution in [0.15, 0.2) is 11.0 Å². The lowest BCUT2D eigenvalue weighted by Crippen LogP contribution is -2.13. The number of hydrogen-bond donors (Lipinski definition) is 2. The van der Waals surface area contributed by atoms with Gasteiger partial charge in [-0.2, -0.15) is 8.42 Å². The molecule has 20 heavy (non-hydrogen) atoms. The number of carbonyl (C=O) groups is 2. The average Bonchev–Trinajstić information content (AvgIpc) is 2.29. The van der Waals surface area contributed by atoms with Gasteiger partial charge in [0.05, 0.1) is 24.8 Å². The van der Waals surface area contributed by atoms with Crippen LogP contribution in [-0.4, -0.2) is 31.6 Å². The zero-order valence-corrected chi connectivity index (χ0v) is 12.1. The van der Waals surface area contributed by atoms with Crippen LogP contribution in [-0.2, 0) is 14.9 Å². The van der Waals surface area contributed by atoms with E-state index in [0.717, 1.165) is 6.07 Å². The Balaban J connectivity index is 3.60. The summed E-state index contributed by atoms with van der Waals surface area (Å²) < 4.78 is 36.5. The lowest BCUT2D eigenvalue weighted by molar-refractivity contribution is -0.116. The zero-order valence-electron chi connectivity index (χ0n) is 11.3. The van der Waals surface area contributed by atoms with Crippen LogP contribution in [0, 0.1) is 6.92 Å². The predicted octanol–water partition coefficient (Wildman–Crippen LogP) is 0.994. The third-order valence-corrected chi connectivity index (χ3v) is 3.72. The molecule has 0 fully saturated rings. The first-order valence-corrected chi connectivity index (χ1v) is 7.00. The summed E-state index contributed by atoms with van der Waals surface area (Å²) in [6, 6.07) is 1.01. The number of carbonyl (C=O) groups excluding carboxylic acids is 2. The molecule has 0 bridgehead atoms. The van der Waals surface area contributed by atoms with Crippen molar-refractivity contribution in [1.29, 1.82) is 0 Å². The number of nitrogen functional groups attached to an aromatic ring is 1. The van der Waals surface area contributed by atoms with Gasteiger partial charge in [0.1, 0.15) is 16.4 Å². The van der Waals surface area contributed by atoms with Gasteiger partial charge in [-0.05, 0) is 19.4 Å². The summed E-state index contributed by atoms with van der Waals surface area (Å²) in [6.07, 6.45) is -0.370. The molecule has 0 radical (unpaired) electrons. The zero-order chi connectivity index (χ0) is 15.7. The van der Waals surface area contributed by atoms with Crippen LogP contribution in [0.2, 0.25) is 0 Å². The third kappa shape index (κ3) is 3.14. The molecule has 0 aliphatic carbocycles. The molecule has 0 atom stereocenters. The summed E-state index contributed by atoms with van der Waals surface area (Å²) in [7, 11) is -3.27. The topological polar surface area (TPSA) is 124 Å². The molecule has 0 aliphatic rings. The van der Waals surface area contributed by atoms with Gasteiger partial charge in [-0.25, -0.2) is 0 Å². The van der Waals surface area contributed by atoms with Gasteiger partial charge >= 0.3 is 0 Å². The Hall–Kier alpha value is -1.93. The third-order valence-electron chi connectivity index (χ3n) is 2.74. The Kier molecular flexibility index (Phi) is 4.51. The fraction of sp³-hybridized carbons (Fsp3) is 0.333. The van der Waals surface area contributed by atoms with Gasteiger partial charge in [0.25, 0.3) is 10.1 Å². The SMILES string of the molecule is COc1cc(S(=O)(=O)O)c(C)c(N)c1C(=O)CC(C)=O. The Morgan fingerprint density at radius 3 is 2.35 bits per heavy atom. The van der Waals surface area contributed by atoms with E-state index in [9.17, 15) is 18.0 Å². The summed E-state index contributed by atoms with van der Waals surface area (Å²) in [5.74, 6) is -1.03. The minimum Gasteiger partial charge on any atom is -0.496 e. The number of methoxy groups -OCH3 is 1. The monoisotopic (exact) mass is 301 g/mol. The minimum absolute atomic E-state index is 0.0280. The van der Waals surface area contributed by atoms with Crippen molar-refractivity contribution in [3.05, 3.63) is 17.2 Å². The van der Waals surface area contributed by atoms with Crippen LogP contribution >= 0.6 is 0 Å². The van der Waals surface area contributed by atoms with Gasteiger partial charge in [-0.3, -0.25) is 14.1 Å². The van der Waals surface area contributed by atoms with E-state index in [1.165, 1.54) is 21.0 Å². The fourth-order valence-electron chi connectivity index (χ4n) is 1.78. The van der Waals surface area contributed by atoms with Crippen molar-refractivity contribution in [3.63, 3.8) is 0 Å². The van der Waals surface area contributed by atoms with Gasteiger partial charge in [0, 0.05) is 6.07 Å². The molecule has 1 rings (SSSR count). The van der Waals surface area contributed by atoms with Crippen molar-refractivity contribution < 1.29 is 27.3 Å². The van der Waals surface area contributed by atoms with Crippen molar-refractivity contribution in [2.24, 2.45) is 0 Å². The predicted molar refractivity (Wildman–Crippen MR) is 71.6 cm³/mol. The van der Waals surface area contributed by atoms with E-state index in [2.05, 4.69) is 0 Å². The number of Topliss-reactive ketones (excluding diaryl/α,β-unsaturated/α-hetero) is 2. The molecule has 7 nitrogen and oxygen atoms in total. The molecule has 0 saturated carbocycles. The number of nitrogens with two attached hydrogens (primary N) is 1. The average molecular weight is 301 g/mol. The normalized spacial score (nSPS) is 11.2. The van der Waals surface area contributed by atoms with Crippen LogP contribution in [0.3, 0.4) is 0 Å². The number of anilines is 1. The molecule has 1 aromatic rings. The summed E-state index contributed by atoms with van der Waals surface area (Å²) in [5, 5.41) is 0. The molecule has 110 valence electrons. The van der Waals surface area contributed by atoms with Gasteiger partial charge in [0.15, 0.2) is 5.78 Å². The first-order valence-electron chi connectivity index (χ1n) is 5.56. The van der Waals surface area contributed by atoms with Crippen molar-refractivity contribution in [2.75, 3.05) is 12.8 Å². The largest absolute Gasteiger partial charge is 0.496 e. The van der Waals surface area contributed by atoms with Crippen molar-refractivity contribution in [3.8, 4) is 5.75 Å². The fourth-order valence-corrected chi connectivity index (χ4v) is 2.54. The second kappa shape index (κ2) is 5.59. The molecule has 3 N–H and O–H groups in total. The van der Waals surface area contributed by atoms with Crippen molar-refractivity contribution >= 4 is 27.4 Å². The molecule has 0 aliphatic heterocycles. The van der Waals surface area contributed by atoms with E-state index in [-0.39, 0.29) is 34.8 Å². The van der Waals surface area contributed by atoms with E-state index in [1.54, 1.807) is 0 Å². The van der Waals surface area contributed by atoms with Crippen molar-refractivity contribution in [2.45, 2.75) is 25.2 Å². The highest BCUT2D eigenvalue weighted by Crippen LogP contribution is 2.34. The van der Waals surface area contributed by atoms with E-state index in [0.29, 0.717) is 0 Å². The van der Waals surface area contributed by atoms with E-state index in [1.807, 2.05) is 0 Å². The molecule has 0 unspecified atom stereocenters. The highest BCUT2D eigenvalue weighted by Gasteiger charge is 2.25. The van der Waals surface area contributed by atoms with Gasteiger partial charge in [-0.15, -0.1) is 0 Å². The lowest BCUT2D eigenvalue weighted by atomic mass is 10.00. The highest BCUT2D eigenvalue weighted by atomic mass is 32.2. The summed E-state index contributed by atoms with van der Waals surface area (Å²) in [5.41, 5.74) is 5.58. The molecule has 0 heterocycles. The highest BCUT2D eigenvalue weighted by molar-refractivity contribution is 7.85. The molecule has 0 amide bonds. The van der Waals surface area contributed by atoms with Gasteiger partial charge in [0.2, 0.25) is 0 Å². The van der Waals surface area contributed by atoms with Crippen LogP contribution in [0.25, 0.3) is 0 Å². The second-order valence-electron chi connectivity index (χ2n) is 4.27. The molecular formula is C12H15NO6S. The first kappa shape index (κ1) is 16.1. The summed E-state index contributed by atoms with van der Waals surface area (Å²) >= 11 is 0. The Morgan fingerprint density at radius 1 is 1.40 bits per heavy atom. The lowest BCUT2D eigenvalue weighted by Gasteiger charge is -2.15. The maximum Gasteiger partial charge on any atom is 0.294 e. The van der Waals surface area contributed by atoms with Crippen molar-refractivity contribution in [1.82, 2.24) is 0 Å². The first-order chi connectivity index (χ1) is 9.09. The number of benzene rings is 1. The second-order valence-corrected chi connectivity index (χ2v) is 5.66. The number of hydrogen-bond acceptors (Lipinski definition) is 6. The summed E-state index contributed by atoms with van der Waals surface area (Å²) in [6.45, 7) is 2.60. The summed E-state index contributed by atoms with van der Waals surface area (Å²) in [4.78, 5) is 22.5. The number of rotatable bonds is 5. The molecule has 0 aromatic heterocycles. The Bertz CT molecular complexity index is 678. The minimum atomic E-state index is -4.49. The Labute approximate surface area is 116 Å². The molecule has 8 heteroatoms. The molecule has 0 spiro atoms. The van der Waals surface area contributed by atoms with Crippen LogP contribution < -0.4 is 10.5 Å². The van der Waals surface area contributed by atoms with E-state index < -0.39 is 20.8 Å². The standard InChI is InChI=1S/C12H15NO6S/c1-6(14)4-8(15)11-9(19-3)5-10(20(16,17)18)7(2)12(11)13/h5H,4,13H2,1-3H3,(H,16,17,18). The van der Waals surface area contributed by atoms with E-state index >= 15 is 0 Å². The Morgan fingerprint density at radius 2 is 1.95 bits per heavy atom. The van der Waals surface area contributed by atoms with Gasteiger partial charge < -0.3 is 10.5 Å². The van der Waals surface area contributed by atoms with Crippen LogP contribution in [0.1, 0.15) is 29.3 Å². The van der Waals surface area contributed by atoms with Crippen LogP contribution in [0.4, 0.5) is 5.69 Å². The maximum atomic E-state index is 12.0. The smallest absolute Gasteiger partial charge is 0.294 e. The van der Waals surface area contributed by atoms with E-state index in [4.69, 9.17) is 15.0 Å². The maximum absolute atomic E-state index is 12.0. The number of ether oxygens (including phenoxy) is 1. The van der Waals surface area contributed by atoms with Gasteiger partial charge in [-0.1, -0.05) is 0 Å². The molecule has 1 aromatic carbocycles. The molecule has 0 saturated heterocycles.